The second kappa shape index (κ2) is 7.46. The number of hydrogen-bond donors (Lipinski definition) is 2. The van der Waals surface area contributed by atoms with Crippen molar-refractivity contribution in [3.8, 4) is 0 Å². The van der Waals surface area contributed by atoms with Gasteiger partial charge in [0.15, 0.2) is 0 Å². The summed E-state index contributed by atoms with van der Waals surface area (Å²) < 4.78 is 5.44. The maximum Gasteiger partial charge on any atom is 0.339 e. The van der Waals surface area contributed by atoms with Crippen molar-refractivity contribution in [2.24, 2.45) is 0 Å². The lowest BCUT2D eigenvalue weighted by molar-refractivity contribution is -0.116. The van der Waals surface area contributed by atoms with E-state index in [4.69, 9.17) is 11.6 Å². The van der Waals surface area contributed by atoms with Gasteiger partial charge in [-0.25, -0.2) is 9.59 Å². The summed E-state index contributed by atoms with van der Waals surface area (Å²) in [7, 11) is 1.21. The van der Waals surface area contributed by atoms with Gasteiger partial charge in [-0.2, -0.15) is 0 Å². The molecule has 8 nitrogen and oxygen atoms in total. The van der Waals surface area contributed by atoms with Crippen molar-refractivity contribution < 1.29 is 14.3 Å². The van der Waals surface area contributed by atoms with Gasteiger partial charge in [0, 0.05) is 5.02 Å². The van der Waals surface area contributed by atoms with E-state index in [1.165, 1.54) is 25.3 Å². The number of aromatic amines is 1. The topological polar surface area (TPSA) is 110 Å². The van der Waals surface area contributed by atoms with E-state index < -0.39 is 29.7 Å². The quantitative estimate of drug-likeness (QED) is 0.663. The van der Waals surface area contributed by atoms with E-state index in [1.807, 2.05) is 0 Å². The smallest absolute Gasteiger partial charge is 0.339 e. The van der Waals surface area contributed by atoms with Crippen molar-refractivity contribution in [3.05, 3.63) is 73.9 Å². The molecule has 2 aromatic carbocycles. The molecule has 0 radical (unpaired) electrons. The first kappa shape index (κ1) is 18.4. The lowest BCUT2D eigenvalue weighted by Crippen LogP contribution is -2.38. The van der Waals surface area contributed by atoms with E-state index in [0.29, 0.717) is 10.5 Å². The van der Waals surface area contributed by atoms with Crippen LogP contribution in [0.5, 0.6) is 0 Å². The number of aromatic nitrogens is 2. The molecule has 0 bridgehead atoms. The number of anilines is 1. The Morgan fingerprint density at radius 2 is 1.93 bits per heavy atom. The summed E-state index contributed by atoms with van der Waals surface area (Å²) in [5.74, 6) is -1.34. The Bertz CT molecular complexity index is 1170. The van der Waals surface area contributed by atoms with Crippen LogP contribution >= 0.6 is 11.6 Å². The van der Waals surface area contributed by atoms with Gasteiger partial charge < -0.3 is 15.0 Å². The van der Waals surface area contributed by atoms with Crippen molar-refractivity contribution in [3.63, 3.8) is 0 Å². The number of benzene rings is 2. The van der Waals surface area contributed by atoms with Gasteiger partial charge in [-0.15, -0.1) is 0 Å². The largest absolute Gasteiger partial charge is 0.465 e. The molecule has 0 aliphatic carbocycles. The summed E-state index contributed by atoms with van der Waals surface area (Å²) in [5, 5.41) is 3.05. The number of nitrogens with zero attached hydrogens (tertiary/aromatic N) is 1. The normalized spacial score (nSPS) is 10.6. The van der Waals surface area contributed by atoms with Crippen molar-refractivity contribution >= 4 is 40.1 Å². The number of rotatable bonds is 4. The molecule has 0 unspecified atom stereocenters. The molecule has 0 saturated heterocycles. The SMILES string of the molecule is COC(=O)c1ccc(Cl)cc1NC(=O)Cn1c(=O)[nH]c2ccccc2c1=O. The Balaban J connectivity index is 1.93. The number of ether oxygens (including phenoxy) is 1. The molecule has 0 spiro atoms. The van der Waals surface area contributed by atoms with Gasteiger partial charge in [0.05, 0.1) is 29.3 Å². The van der Waals surface area contributed by atoms with Gasteiger partial charge in [0.2, 0.25) is 5.91 Å². The third-order valence-corrected chi connectivity index (χ3v) is 4.09. The standard InChI is InChI=1S/C18H14ClN3O5/c1-27-17(25)12-7-6-10(19)8-14(12)20-15(23)9-22-16(24)11-4-2-3-5-13(11)21-18(22)26/h2-8H,9H2,1H3,(H,20,23)(H,21,26). The molecule has 1 amide bonds. The zero-order valence-electron chi connectivity index (χ0n) is 14.1. The van der Waals surface area contributed by atoms with Gasteiger partial charge in [0.1, 0.15) is 6.54 Å². The fourth-order valence-corrected chi connectivity index (χ4v) is 2.76. The number of nitrogens with one attached hydrogen (secondary N) is 2. The van der Waals surface area contributed by atoms with Crippen LogP contribution in [0.2, 0.25) is 5.02 Å². The predicted molar refractivity (Wildman–Crippen MR) is 100 cm³/mol. The highest BCUT2D eigenvalue weighted by Crippen LogP contribution is 2.22. The summed E-state index contributed by atoms with van der Waals surface area (Å²) >= 11 is 5.91. The van der Waals surface area contributed by atoms with Crippen LogP contribution in [0, 0.1) is 0 Å². The molecular formula is C18H14ClN3O5. The first-order valence-corrected chi connectivity index (χ1v) is 8.18. The molecule has 3 rings (SSSR count). The van der Waals surface area contributed by atoms with Crippen LogP contribution in [-0.4, -0.2) is 28.5 Å². The van der Waals surface area contributed by atoms with Gasteiger partial charge in [0.25, 0.3) is 5.56 Å². The number of carbonyl (C=O) groups excluding carboxylic acids is 2. The number of methoxy groups -OCH3 is 1. The van der Waals surface area contributed by atoms with Crippen LogP contribution in [0.15, 0.2) is 52.1 Å². The number of hydrogen-bond acceptors (Lipinski definition) is 5. The second-order valence-corrected chi connectivity index (χ2v) is 6.03. The van der Waals surface area contributed by atoms with E-state index in [0.717, 1.165) is 4.57 Å². The fourth-order valence-electron chi connectivity index (χ4n) is 2.58. The molecule has 0 atom stereocenters. The van der Waals surface area contributed by atoms with E-state index in [9.17, 15) is 19.2 Å². The van der Waals surface area contributed by atoms with Crippen molar-refractivity contribution in [2.75, 3.05) is 12.4 Å². The maximum atomic E-state index is 12.5. The van der Waals surface area contributed by atoms with Crippen LogP contribution in [-0.2, 0) is 16.1 Å². The molecule has 0 aliphatic heterocycles. The first-order valence-electron chi connectivity index (χ1n) is 7.80. The van der Waals surface area contributed by atoms with Crippen LogP contribution in [0.25, 0.3) is 10.9 Å². The number of para-hydroxylation sites is 1. The summed E-state index contributed by atoms with van der Waals surface area (Å²) in [5.41, 5.74) is -0.719. The number of amides is 1. The molecule has 0 fully saturated rings. The summed E-state index contributed by atoms with van der Waals surface area (Å²) in [6.07, 6.45) is 0. The van der Waals surface area contributed by atoms with Crippen LogP contribution in [0.1, 0.15) is 10.4 Å². The van der Waals surface area contributed by atoms with Gasteiger partial charge in [-0.05, 0) is 30.3 Å². The van der Waals surface area contributed by atoms with E-state index in [2.05, 4.69) is 15.0 Å². The van der Waals surface area contributed by atoms with Crippen LogP contribution < -0.4 is 16.6 Å². The summed E-state index contributed by atoms with van der Waals surface area (Å²) in [6.45, 7) is -0.536. The Hall–Kier alpha value is -3.39. The van der Waals surface area contributed by atoms with E-state index in [1.54, 1.807) is 24.3 Å². The average molecular weight is 388 g/mol. The Kier molecular flexibility index (Phi) is 5.09. The molecule has 9 heteroatoms. The number of esters is 1. The lowest BCUT2D eigenvalue weighted by atomic mass is 10.1. The molecule has 0 aliphatic rings. The minimum atomic E-state index is -0.715. The highest BCUT2D eigenvalue weighted by atomic mass is 35.5. The van der Waals surface area contributed by atoms with E-state index >= 15 is 0 Å². The Morgan fingerprint density at radius 3 is 2.67 bits per heavy atom. The monoisotopic (exact) mass is 387 g/mol. The number of H-pyrrole nitrogens is 1. The van der Waals surface area contributed by atoms with Gasteiger partial charge in [-0.3, -0.25) is 14.2 Å². The molecule has 27 heavy (non-hydrogen) atoms. The summed E-state index contributed by atoms with van der Waals surface area (Å²) in [6, 6.07) is 10.7. The fraction of sp³-hybridized carbons (Fsp3) is 0.111. The third kappa shape index (κ3) is 3.75. The summed E-state index contributed by atoms with van der Waals surface area (Å²) in [4.78, 5) is 51.4. The molecule has 1 heterocycles. The van der Waals surface area contributed by atoms with Gasteiger partial charge in [-0.1, -0.05) is 23.7 Å². The van der Waals surface area contributed by atoms with Gasteiger partial charge >= 0.3 is 11.7 Å². The number of fused-ring (bicyclic) bond motifs is 1. The van der Waals surface area contributed by atoms with Crippen molar-refractivity contribution in [1.29, 1.82) is 0 Å². The predicted octanol–water partition coefficient (Wildman–Crippen LogP) is 1.77. The van der Waals surface area contributed by atoms with E-state index in [-0.39, 0.29) is 16.6 Å². The molecule has 1 aromatic heterocycles. The lowest BCUT2D eigenvalue weighted by Gasteiger charge is -2.11. The highest BCUT2D eigenvalue weighted by molar-refractivity contribution is 6.31. The average Bonchev–Trinajstić information content (AvgIpc) is 2.64. The molecule has 0 saturated carbocycles. The molecule has 2 N–H and O–H groups in total. The highest BCUT2D eigenvalue weighted by Gasteiger charge is 2.16. The zero-order valence-corrected chi connectivity index (χ0v) is 14.9. The molecule has 3 aromatic rings. The minimum Gasteiger partial charge on any atom is -0.465 e. The second-order valence-electron chi connectivity index (χ2n) is 5.60. The van der Waals surface area contributed by atoms with Crippen molar-refractivity contribution in [2.45, 2.75) is 6.54 Å². The molecule has 138 valence electrons. The zero-order chi connectivity index (χ0) is 19.6. The minimum absolute atomic E-state index is 0.0926. The number of carbonyl (C=O) groups is 2. The Labute approximate surface area is 157 Å². The number of halogens is 1. The van der Waals surface area contributed by atoms with Crippen LogP contribution in [0.4, 0.5) is 5.69 Å². The third-order valence-electron chi connectivity index (χ3n) is 3.85. The maximum absolute atomic E-state index is 12.5. The first-order chi connectivity index (χ1) is 12.9. The molecular weight excluding hydrogens is 374 g/mol. The van der Waals surface area contributed by atoms with Crippen molar-refractivity contribution in [1.82, 2.24) is 9.55 Å². The van der Waals surface area contributed by atoms with Crippen LogP contribution in [0.3, 0.4) is 0 Å². The Morgan fingerprint density at radius 1 is 1.19 bits per heavy atom.